The third kappa shape index (κ3) is 2.51. The SMILES string of the molecule is Cl.O=C(O)CNc1c2ccccc2nc2ccccc12. The van der Waals surface area contributed by atoms with Crippen molar-refractivity contribution in [2.24, 2.45) is 0 Å². The maximum Gasteiger partial charge on any atom is 0.322 e. The number of nitrogens with one attached hydrogen (secondary N) is 1. The Bertz CT molecular complexity index is 720. The average molecular weight is 289 g/mol. The zero-order chi connectivity index (χ0) is 13.2. The number of benzene rings is 2. The van der Waals surface area contributed by atoms with Crippen LogP contribution in [0.1, 0.15) is 0 Å². The van der Waals surface area contributed by atoms with Crippen LogP contribution in [0.3, 0.4) is 0 Å². The topological polar surface area (TPSA) is 62.2 Å². The van der Waals surface area contributed by atoms with E-state index in [1.807, 2.05) is 48.5 Å². The third-order valence-corrected chi connectivity index (χ3v) is 3.00. The van der Waals surface area contributed by atoms with Crippen LogP contribution in [0.2, 0.25) is 0 Å². The fraction of sp³-hybridized carbons (Fsp3) is 0.0667. The van der Waals surface area contributed by atoms with Crippen molar-refractivity contribution < 1.29 is 9.90 Å². The molecular weight excluding hydrogens is 276 g/mol. The third-order valence-electron chi connectivity index (χ3n) is 3.00. The Morgan fingerprint density at radius 3 is 2.00 bits per heavy atom. The van der Waals surface area contributed by atoms with E-state index >= 15 is 0 Å². The minimum absolute atomic E-state index is 0. The normalized spacial score (nSPS) is 10.2. The summed E-state index contributed by atoms with van der Waals surface area (Å²) in [5, 5.41) is 13.7. The summed E-state index contributed by atoms with van der Waals surface area (Å²) in [5.74, 6) is -0.884. The second kappa shape index (κ2) is 5.75. The minimum Gasteiger partial charge on any atom is -0.480 e. The number of hydrogen-bond donors (Lipinski definition) is 2. The van der Waals surface area contributed by atoms with Gasteiger partial charge in [-0.15, -0.1) is 12.4 Å². The standard InChI is InChI=1S/C15H12N2O2.ClH/c18-14(19)9-16-15-10-5-1-3-7-12(10)17-13-8-4-2-6-11(13)15;/h1-8H,9H2,(H,16,17)(H,18,19);1H. The van der Waals surface area contributed by atoms with Crippen LogP contribution in [0.4, 0.5) is 5.69 Å². The van der Waals surface area contributed by atoms with Crippen LogP contribution in [0.5, 0.6) is 0 Å². The first-order valence-electron chi connectivity index (χ1n) is 5.99. The first-order chi connectivity index (χ1) is 9.25. The second-order valence-corrected chi connectivity index (χ2v) is 4.27. The first kappa shape index (κ1) is 14.1. The van der Waals surface area contributed by atoms with E-state index in [1.54, 1.807) is 0 Å². The van der Waals surface area contributed by atoms with E-state index < -0.39 is 5.97 Å². The number of pyridine rings is 1. The van der Waals surface area contributed by atoms with Crippen molar-refractivity contribution in [2.45, 2.75) is 0 Å². The fourth-order valence-corrected chi connectivity index (χ4v) is 2.19. The molecule has 0 amide bonds. The summed E-state index contributed by atoms with van der Waals surface area (Å²) in [6.45, 7) is -0.113. The largest absolute Gasteiger partial charge is 0.480 e. The Morgan fingerprint density at radius 2 is 1.50 bits per heavy atom. The predicted molar refractivity (Wildman–Crippen MR) is 82.6 cm³/mol. The number of halogens is 1. The molecule has 20 heavy (non-hydrogen) atoms. The number of anilines is 1. The van der Waals surface area contributed by atoms with Crippen molar-refractivity contribution in [3.8, 4) is 0 Å². The van der Waals surface area contributed by atoms with E-state index in [1.165, 1.54) is 0 Å². The van der Waals surface area contributed by atoms with Crippen molar-refractivity contribution in [1.82, 2.24) is 4.98 Å². The molecule has 0 saturated heterocycles. The van der Waals surface area contributed by atoms with Gasteiger partial charge in [0.15, 0.2) is 0 Å². The monoisotopic (exact) mass is 288 g/mol. The molecule has 1 heterocycles. The molecule has 0 unspecified atom stereocenters. The number of rotatable bonds is 3. The molecule has 3 aromatic rings. The zero-order valence-corrected chi connectivity index (χ0v) is 11.4. The van der Waals surface area contributed by atoms with Crippen molar-refractivity contribution in [3.05, 3.63) is 48.5 Å². The minimum atomic E-state index is -0.884. The van der Waals surface area contributed by atoms with E-state index in [4.69, 9.17) is 5.11 Å². The van der Waals surface area contributed by atoms with E-state index in [-0.39, 0.29) is 19.0 Å². The van der Waals surface area contributed by atoms with Crippen LogP contribution in [-0.2, 0) is 4.79 Å². The lowest BCUT2D eigenvalue weighted by molar-refractivity contribution is -0.134. The number of carboxylic acid groups (broad SMARTS) is 1. The quantitative estimate of drug-likeness (QED) is 0.726. The smallest absolute Gasteiger partial charge is 0.322 e. The molecular formula is C15H13ClN2O2. The number of carbonyl (C=O) groups is 1. The van der Waals surface area contributed by atoms with Gasteiger partial charge in [0.05, 0.1) is 16.7 Å². The molecule has 0 aliphatic carbocycles. The molecule has 0 saturated carbocycles. The molecule has 4 nitrogen and oxygen atoms in total. The van der Waals surface area contributed by atoms with Crippen LogP contribution in [0.15, 0.2) is 48.5 Å². The number of nitrogens with zero attached hydrogens (tertiary/aromatic N) is 1. The van der Waals surface area contributed by atoms with E-state index in [2.05, 4.69) is 10.3 Å². The Morgan fingerprint density at radius 1 is 1.00 bits per heavy atom. The number of aliphatic carboxylic acids is 1. The van der Waals surface area contributed by atoms with E-state index in [0.29, 0.717) is 0 Å². The highest BCUT2D eigenvalue weighted by Gasteiger charge is 2.08. The summed E-state index contributed by atoms with van der Waals surface area (Å²) in [6, 6.07) is 15.4. The number of hydrogen-bond acceptors (Lipinski definition) is 3. The van der Waals surface area contributed by atoms with Gasteiger partial charge in [0.25, 0.3) is 0 Å². The molecule has 0 atom stereocenters. The van der Waals surface area contributed by atoms with Crippen molar-refractivity contribution in [3.63, 3.8) is 0 Å². The van der Waals surface area contributed by atoms with Gasteiger partial charge in [-0.25, -0.2) is 4.98 Å². The first-order valence-corrected chi connectivity index (χ1v) is 5.99. The van der Waals surface area contributed by atoms with E-state index in [0.717, 1.165) is 27.5 Å². The second-order valence-electron chi connectivity index (χ2n) is 4.27. The van der Waals surface area contributed by atoms with E-state index in [9.17, 15) is 4.79 Å². The lowest BCUT2D eigenvalue weighted by Gasteiger charge is -2.11. The van der Waals surface area contributed by atoms with Crippen LogP contribution in [0, 0.1) is 0 Å². The summed E-state index contributed by atoms with van der Waals surface area (Å²) in [4.78, 5) is 15.3. The summed E-state index contributed by atoms with van der Waals surface area (Å²) in [6.07, 6.45) is 0. The Labute approximate surface area is 121 Å². The Balaban J connectivity index is 0.00000147. The molecule has 0 radical (unpaired) electrons. The highest BCUT2D eigenvalue weighted by Crippen LogP contribution is 2.30. The zero-order valence-electron chi connectivity index (χ0n) is 10.5. The summed E-state index contributed by atoms with van der Waals surface area (Å²) >= 11 is 0. The predicted octanol–water partition coefficient (Wildman–Crippen LogP) is 3.31. The number of aromatic nitrogens is 1. The van der Waals surface area contributed by atoms with Gasteiger partial charge in [0.2, 0.25) is 0 Å². The van der Waals surface area contributed by atoms with Crippen LogP contribution < -0.4 is 5.32 Å². The number of para-hydroxylation sites is 2. The van der Waals surface area contributed by atoms with Gasteiger partial charge in [-0.3, -0.25) is 4.79 Å². The van der Waals surface area contributed by atoms with Gasteiger partial charge < -0.3 is 10.4 Å². The number of carboxylic acids is 1. The Kier molecular flexibility index (Phi) is 4.05. The number of fused-ring (bicyclic) bond motifs is 2. The molecule has 3 rings (SSSR count). The average Bonchev–Trinajstić information content (AvgIpc) is 2.43. The van der Waals surface area contributed by atoms with Crippen molar-refractivity contribution in [1.29, 1.82) is 0 Å². The summed E-state index contributed by atoms with van der Waals surface area (Å²) in [7, 11) is 0. The van der Waals surface area contributed by atoms with Gasteiger partial charge in [0, 0.05) is 10.8 Å². The molecule has 0 spiro atoms. The van der Waals surface area contributed by atoms with Gasteiger partial charge in [-0.2, -0.15) is 0 Å². The summed E-state index contributed by atoms with van der Waals surface area (Å²) in [5.41, 5.74) is 2.53. The van der Waals surface area contributed by atoms with Crippen LogP contribution in [0.25, 0.3) is 21.8 Å². The molecule has 0 bridgehead atoms. The maximum atomic E-state index is 10.8. The van der Waals surface area contributed by atoms with Gasteiger partial charge >= 0.3 is 5.97 Å². The highest BCUT2D eigenvalue weighted by molar-refractivity contribution is 6.07. The van der Waals surface area contributed by atoms with Crippen LogP contribution in [-0.4, -0.2) is 22.6 Å². The fourth-order valence-electron chi connectivity index (χ4n) is 2.19. The van der Waals surface area contributed by atoms with Gasteiger partial charge in [0.1, 0.15) is 6.54 Å². The molecule has 0 aliphatic rings. The molecule has 1 aromatic heterocycles. The van der Waals surface area contributed by atoms with Crippen molar-refractivity contribution in [2.75, 3.05) is 11.9 Å². The maximum absolute atomic E-state index is 10.8. The van der Waals surface area contributed by atoms with Crippen molar-refractivity contribution >= 4 is 45.9 Å². The molecule has 2 N–H and O–H groups in total. The molecule has 2 aromatic carbocycles. The van der Waals surface area contributed by atoms with Gasteiger partial charge in [-0.05, 0) is 12.1 Å². The highest BCUT2D eigenvalue weighted by atomic mass is 35.5. The molecule has 0 fully saturated rings. The van der Waals surface area contributed by atoms with Crippen LogP contribution >= 0.6 is 12.4 Å². The van der Waals surface area contributed by atoms with Gasteiger partial charge in [-0.1, -0.05) is 36.4 Å². The lowest BCUT2D eigenvalue weighted by atomic mass is 10.1. The molecule has 0 aliphatic heterocycles. The molecule has 5 heteroatoms. The Hall–Kier alpha value is -2.33. The molecule has 102 valence electrons. The lowest BCUT2D eigenvalue weighted by Crippen LogP contribution is -2.13. The summed E-state index contributed by atoms with van der Waals surface area (Å²) < 4.78 is 0.